The van der Waals surface area contributed by atoms with Crippen molar-refractivity contribution in [1.29, 1.82) is 0 Å². The molecule has 24 heavy (non-hydrogen) atoms. The summed E-state index contributed by atoms with van der Waals surface area (Å²) in [6, 6.07) is 10.7. The highest BCUT2D eigenvalue weighted by molar-refractivity contribution is 6.27. The predicted molar refractivity (Wildman–Crippen MR) is 94.3 cm³/mol. The Bertz CT molecular complexity index is 424. The number of rotatable bonds is 9. The molecule has 1 aromatic carbocycles. The average Bonchev–Trinajstić information content (AvgIpc) is 2.56. The van der Waals surface area contributed by atoms with E-state index < -0.39 is 11.9 Å². The SMILES string of the molecule is CCN(CC)CCNCCCc1ccccc1.O.O=C(O)C(=O)O. The van der Waals surface area contributed by atoms with Crippen LogP contribution in [0.1, 0.15) is 25.8 Å². The molecule has 7 heteroatoms. The first kappa shape index (κ1) is 24.3. The van der Waals surface area contributed by atoms with Crippen molar-refractivity contribution in [2.24, 2.45) is 0 Å². The third kappa shape index (κ3) is 13.7. The van der Waals surface area contributed by atoms with Gasteiger partial charge in [-0.2, -0.15) is 0 Å². The van der Waals surface area contributed by atoms with Gasteiger partial charge in [0, 0.05) is 13.1 Å². The molecule has 0 saturated carbocycles. The van der Waals surface area contributed by atoms with Gasteiger partial charge in [-0.25, -0.2) is 9.59 Å². The van der Waals surface area contributed by atoms with Crippen molar-refractivity contribution < 1.29 is 25.3 Å². The van der Waals surface area contributed by atoms with Crippen LogP contribution in [-0.4, -0.2) is 65.3 Å². The Morgan fingerprint density at radius 1 is 1.00 bits per heavy atom. The van der Waals surface area contributed by atoms with Crippen molar-refractivity contribution in [3.8, 4) is 0 Å². The summed E-state index contributed by atoms with van der Waals surface area (Å²) in [5.41, 5.74) is 1.44. The van der Waals surface area contributed by atoms with Crippen molar-refractivity contribution in [3.05, 3.63) is 35.9 Å². The zero-order chi connectivity index (χ0) is 17.5. The van der Waals surface area contributed by atoms with Gasteiger partial charge in [0.05, 0.1) is 0 Å². The summed E-state index contributed by atoms with van der Waals surface area (Å²) in [6.45, 7) is 10.1. The van der Waals surface area contributed by atoms with Crippen LogP contribution in [0.2, 0.25) is 0 Å². The van der Waals surface area contributed by atoms with Crippen LogP contribution >= 0.6 is 0 Å². The lowest BCUT2D eigenvalue weighted by atomic mass is 10.1. The second-order valence-electron chi connectivity index (χ2n) is 4.98. The zero-order valence-corrected chi connectivity index (χ0v) is 14.5. The third-order valence-electron chi connectivity index (χ3n) is 3.34. The first-order chi connectivity index (χ1) is 11.0. The van der Waals surface area contributed by atoms with Crippen LogP contribution in [0.15, 0.2) is 30.3 Å². The van der Waals surface area contributed by atoms with Crippen LogP contribution in [0.5, 0.6) is 0 Å². The molecule has 0 radical (unpaired) electrons. The summed E-state index contributed by atoms with van der Waals surface area (Å²) in [5, 5.41) is 18.3. The largest absolute Gasteiger partial charge is 0.473 e. The Morgan fingerprint density at radius 2 is 1.54 bits per heavy atom. The fourth-order valence-electron chi connectivity index (χ4n) is 1.96. The number of carboxylic acids is 2. The molecule has 1 aromatic rings. The van der Waals surface area contributed by atoms with Gasteiger partial charge in [0.25, 0.3) is 0 Å². The second-order valence-corrected chi connectivity index (χ2v) is 4.98. The van der Waals surface area contributed by atoms with Crippen molar-refractivity contribution in [3.63, 3.8) is 0 Å². The molecule has 5 N–H and O–H groups in total. The Labute approximate surface area is 143 Å². The summed E-state index contributed by atoms with van der Waals surface area (Å²) in [7, 11) is 0. The van der Waals surface area contributed by atoms with Gasteiger partial charge < -0.3 is 25.9 Å². The van der Waals surface area contributed by atoms with E-state index in [2.05, 4.69) is 54.4 Å². The number of likely N-dealkylation sites (N-methyl/N-ethyl adjacent to an activating group) is 1. The molecule has 0 spiro atoms. The van der Waals surface area contributed by atoms with Crippen LogP contribution in [0, 0.1) is 0 Å². The molecular weight excluding hydrogens is 312 g/mol. The number of carboxylic acid groups (broad SMARTS) is 2. The van der Waals surface area contributed by atoms with E-state index >= 15 is 0 Å². The minimum Gasteiger partial charge on any atom is -0.473 e. The summed E-state index contributed by atoms with van der Waals surface area (Å²) in [6.07, 6.45) is 2.40. The molecule has 0 heterocycles. The number of nitrogens with one attached hydrogen (secondary N) is 1. The fraction of sp³-hybridized carbons (Fsp3) is 0.529. The van der Waals surface area contributed by atoms with Gasteiger partial charge in [0.1, 0.15) is 0 Å². The smallest absolute Gasteiger partial charge is 0.414 e. The van der Waals surface area contributed by atoms with E-state index in [4.69, 9.17) is 19.8 Å². The summed E-state index contributed by atoms with van der Waals surface area (Å²) in [4.78, 5) is 20.6. The molecule has 0 unspecified atom stereocenters. The molecule has 0 saturated heterocycles. The van der Waals surface area contributed by atoms with Gasteiger partial charge >= 0.3 is 11.9 Å². The number of aliphatic carboxylic acids is 2. The fourth-order valence-corrected chi connectivity index (χ4v) is 1.96. The number of nitrogens with zero attached hydrogens (tertiary/aromatic N) is 1. The minimum atomic E-state index is -1.82. The quantitative estimate of drug-likeness (QED) is 0.452. The highest BCUT2D eigenvalue weighted by Gasteiger charge is 2.04. The highest BCUT2D eigenvalue weighted by atomic mass is 16.4. The van der Waals surface area contributed by atoms with E-state index in [-0.39, 0.29) is 5.48 Å². The first-order valence-corrected chi connectivity index (χ1v) is 7.94. The van der Waals surface area contributed by atoms with Gasteiger partial charge in [0.2, 0.25) is 0 Å². The van der Waals surface area contributed by atoms with E-state index in [0.29, 0.717) is 0 Å². The molecule has 1 rings (SSSR count). The van der Waals surface area contributed by atoms with E-state index in [9.17, 15) is 0 Å². The van der Waals surface area contributed by atoms with Crippen LogP contribution < -0.4 is 5.32 Å². The van der Waals surface area contributed by atoms with E-state index in [1.807, 2.05) is 0 Å². The predicted octanol–water partition coefficient (Wildman–Crippen LogP) is 0.881. The minimum absolute atomic E-state index is 0. The van der Waals surface area contributed by atoms with Gasteiger partial charge in [0.15, 0.2) is 0 Å². The molecule has 0 bridgehead atoms. The zero-order valence-electron chi connectivity index (χ0n) is 14.5. The first-order valence-electron chi connectivity index (χ1n) is 7.94. The van der Waals surface area contributed by atoms with Gasteiger partial charge in [-0.3, -0.25) is 0 Å². The molecule has 0 atom stereocenters. The molecule has 0 aromatic heterocycles. The Hall–Kier alpha value is -1.96. The van der Waals surface area contributed by atoms with Gasteiger partial charge in [-0.05, 0) is 38.0 Å². The molecule has 0 aliphatic heterocycles. The molecular formula is C17H30N2O5. The molecule has 7 nitrogen and oxygen atoms in total. The highest BCUT2D eigenvalue weighted by Crippen LogP contribution is 2.01. The molecule has 0 amide bonds. The van der Waals surface area contributed by atoms with Crippen molar-refractivity contribution >= 4 is 11.9 Å². The summed E-state index contributed by atoms with van der Waals surface area (Å²) in [5.74, 6) is -3.65. The van der Waals surface area contributed by atoms with Crippen LogP contribution in [0.3, 0.4) is 0 Å². The number of carbonyl (C=O) groups is 2. The van der Waals surface area contributed by atoms with Gasteiger partial charge in [-0.1, -0.05) is 44.2 Å². The Morgan fingerprint density at radius 3 is 2.00 bits per heavy atom. The average molecular weight is 342 g/mol. The Kier molecular flexibility index (Phi) is 16.1. The normalized spacial score (nSPS) is 9.62. The lowest BCUT2D eigenvalue weighted by Crippen LogP contribution is -2.32. The maximum Gasteiger partial charge on any atom is 0.414 e. The molecule has 0 aliphatic rings. The van der Waals surface area contributed by atoms with Crippen LogP contribution in [0.25, 0.3) is 0 Å². The summed E-state index contributed by atoms with van der Waals surface area (Å²) < 4.78 is 0. The monoisotopic (exact) mass is 342 g/mol. The third-order valence-corrected chi connectivity index (χ3v) is 3.34. The van der Waals surface area contributed by atoms with E-state index in [0.717, 1.165) is 26.2 Å². The summed E-state index contributed by atoms with van der Waals surface area (Å²) >= 11 is 0. The lowest BCUT2D eigenvalue weighted by Gasteiger charge is -2.17. The maximum absolute atomic E-state index is 9.10. The molecule has 0 fully saturated rings. The lowest BCUT2D eigenvalue weighted by molar-refractivity contribution is -0.159. The maximum atomic E-state index is 9.10. The Balaban J connectivity index is 0. The number of hydrogen-bond acceptors (Lipinski definition) is 4. The van der Waals surface area contributed by atoms with Crippen molar-refractivity contribution in [2.45, 2.75) is 26.7 Å². The molecule has 138 valence electrons. The van der Waals surface area contributed by atoms with Crippen LogP contribution in [-0.2, 0) is 16.0 Å². The van der Waals surface area contributed by atoms with Crippen molar-refractivity contribution in [2.75, 3.05) is 32.7 Å². The van der Waals surface area contributed by atoms with Crippen molar-refractivity contribution in [1.82, 2.24) is 10.2 Å². The topological polar surface area (TPSA) is 121 Å². The van der Waals surface area contributed by atoms with E-state index in [1.54, 1.807) is 0 Å². The standard InChI is InChI=1S/C15H26N2.C2H2O4.H2O/c1-3-17(4-2)14-13-16-12-8-11-15-9-6-5-7-10-15;3-1(4)2(5)6;/h5-7,9-10,16H,3-4,8,11-14H2,1-2H3;(H,3,4)(H,5,6);1H2. The number of hydrogen-bond donors (Lipinski definition) is 3. The second kappa shape index (κ2) is 15.9. The van der Waals surface area contributed by atoms with Gasteiger partial charge in [-0.15, -0.1) is 0 Å². The number of benzene rings is 1. The van der Waals surface area contributed by atoms with E-state index in [1.165, 1.54) is 24.9 Å². The van der Waals surface area contributed by atoms with Crippen LogP contribution in [0.4, 0.5) is 0 Å². The molecule has 0 aliphatic carbocycles. The number of aryl methyl sites for hydroxylation is 1.